The Balaban J connectivity index is 2.77. The van der Waals surface area contributed by atoms with Crippen LogP contribution in [0.2, 0.25) is 0 Å². The van der Waals surface area contributed by atoms with Gasteiger partial charge in [-0.25, -0.2) is 8.42 Å². The highest BCUT2D eigenvalue weighted by Gasteiger charge is 2.17. The lowest BCUT2D eigenvalue weighted by atomic mass is 10.1. The molecule has 0 amide bonds. The zero-order valence-corrected chi connectivity index (χ0v) is 12.5. The molecule has 0 aliphatic carbocycles. The first-order valence-corrected chi connectivity index (χ1v) is 8.23. The third-order valence-corrected chi connectivity index (χ3v) is 4.22. The second kappa shape index (κ2) is 6.78. The van der Waals surface area contributed by atoms with E-state index in [4.69, 9.17) is 20.7 Å². The zero-order chi connectivity index (χ0) is 14.5. The third-order valence-electron chi connectivity index (χ3n) is 2.63. The Morgan fingerprint density at radius 1 is 1.26 bits per heavy atom. The monoisotopic (exact) mass is 301 g/mol. The van der Waals surface area contributed by atoms with Crippen LogP contribution in [-0.2, 0) is 9.05 Å². The van der Waals surface area contributed by atoms with Crippen molar-refractivity contribution in [1.82, 2.24) is 0 Å². The molecule has 0 saturated carbocycles. The molecule has 0 radical (unpaired) electrons. The first kappa shape index (κ1) is 15.8. The summed E-state index contributed by atoms with van der Waals surface area (Å²) < 4.78 is 28.4. The molecule has 1 aromatic carbocycles. The van der Waals surface area contributed by atoms with Crippen LogP contribution in [0.15, 0.2) is 17.0 Å². The van der Waals surface area contributed by atoms with Crippen LogP contribution >= 0.6 is 10.7 Å². The quantitative estimate of drug-likeness (QED) is 0.597. The minimum absolute atomic E-state index is 0.144. The molecule has 0 aliphatic rings. The number of unbranched alkanes of at least 4 members (excludes halogenated alkanes) is 2. The molecule has 0 spiro atoms. The van der Waals surface area contributed by atoms with Crippen LogP contribution in [0.1, 0.15) is 30.4 Å². The molecule has 0 N–H and O–H groups in total. The average Bonchev–Trinajstić information content (AvgIpc) is 2.25. The fraction of sp³-hybridized carbons (Fsp3) is 0.462. The minimum atomic E-state index is -3.73. The molecule has 6 heteroatoms. The van der Waals surface area contributed by atoms with Gasteiger partial charge < -0.3 is 4.74 Å². The van der Waals surface area contributed by atoms with Gasteiger partial charge in [-0.3, -0.25) is 0 Å². The Bertz CT molecular complexity index is 567. The van der Waals surface area contributed by atoms with Crippen molar-refractivity contribution < 1.29 is 13.2 Å². The Labute approximate surface area is 118 Å². The predicted molar refractivity (Wildman–Crippen MR) is 73.9 cm³/mol. The lowest BCUT2D eigenvalue weighted by molar-refractivity contribution is 0.307. The van der Waals surface area contributed by atoms with Crippen LogP contribution in [0.25, 0.3) is 0 Å². The number of nitriles is 1. The molecular weight excluding hydrogens is 286 g/mol. The first-order chi connectivity index (χ1) is 8.86. The van der Waals surface area contributed by atoms with Gasteiger partial charge in [0, 0.05) is 17.1 Å². The average molecular weight is 302 g/mol. The maximum absolute atomic E-state index is 11.4. The fourth-order valence-corrected chi connectivity index (χ4v) is 3.49. The molecule has 4 nitrogen and oxygen atoms in total. The summed E-state index contributed by atoms with van der Waals surface area (Å²) in [7, 11) is 1.65. The number of benzene rings is 1. The Morgan fingerprint density at radius 3 is 2.32 bits per heavy atom. The van der Waals surface area contributed by atoms with Crippen LogP contribution in [0, 0.1) is 25.2 Å². The number of ether oxygens (including phenoxy) is 1. The smallest absolute Gasteiger partial charge is 0.261 e. The van der Waals surface area contributed by atoms with E-state index < -0.39 is 9.05 Å². The van der Waals surface area contributed by atoms with Gasteiger partial charge in [0.05, 0.1) is 17.6 Å². The van der Waals surface area contributed by atoms with E-state index in [0.29, 0.717) is 29.9 Å². The van der Waals surface area contributed by atoms with Crippen LogP contribution in [0.4, 0.5) is 0 Å². The molecule has 0 fully saturated rings. The number of halogens is 1. The number of hydrogen-bond acceptors (Lipinski definition) is 4. The molecule has 19 heavy (non-hydrogen) atoms. The Hall–Kier alpha value is -1.25. The summed E-state index contributed by atoms with van der Waals surface area (Å²) in [4.78, 5) is 0.144. The van der Waals surface area contributed by atoms with Gasteiger partial charge in [-0.15, -0.1) is 0 Å². The van der Waals surface area contributed by atoms with Crippen molar-refractivity contribution in [3.8, 4) is 11.8 Å². The molecular formula is C13H16ClNO3S. The Morgan fingerprint density at radius 2 is 1.84 bits per heavy atom. The molecule has 0 aromatic heterocycles. The molecule has 0 aliphatic heterocycles. The minimum Gasteiger partial charge on any atom is -0.494 e. The lowest BCUT2D eigenvalue weighted by Crippen LogP contribution is -2.02. The maximum atomic E-state index is 11.4. The Kier molecular flexibility index (Phi) is 5.64. The first-order valence-electron chi connectivity index (χ1n) is 5.92. The van der Waals surface area contributed by atoms with Crippen molar-refractivity contribution in [2.45, 2.75) is 38.0 Å². The van der Waals surface area contributed by atoms with Gasteiger partial charge in [-0.05, 0) is 49.9 Å². The van der Waals surface area contributed by atoms with E-state index in [1.807, 2.05) is 0 Å². The molecule has 1 aromatic rings. The van der Waals surface area contributed by atoms with Gasteiger partial charge in [0.15, 0.2) is 0 Å². The van der Waals surface area contributed by atoms with E-state index in [0.717, 1.165) is 12.8 Å². The number of rotatable bonds is 6. The predicted octanol–water partition coefficient (Wildman–Crippen LogP) is 3.30. The van der Waals surface area contributed by atoms with Crippen molar-refractivity contribution in [2.24, 2.45) is 0 Å². The maximum Gasteiger partial charge on any atom is 0.261 e. The largest absolute Gasteiger partial charge is 0.494 e. The number of hydrogen-bond donors (Lipinski definition) is 0. The second-order valence-corrected chi connectivity index (χ2v) is 6.79. The highest BCUT2D eigenvalue weighted by molar-refractivity contribution is 8.13. The van der Waals surface area contributed by atoms with E-state index in [9.17, 15) is 8.42 Å². The summed E-state index contributed by atoms with van der Waals surface area (Å²) in [5, 5.41) is 8.40. The van der Waals surface area contributed by atoms with E-state index >= 15 is 0 Å². The highest BCUT2D eigenvalue weighted by atomic mass is 35.7. The van der Waals surface area contributed by atoms with Gasteiger partial charge in [0.2, 0.25) is 0 Å². The van der Waals surface area contributed by atoms with E-state index in [1.165, 1.54) is 0 Å². The van der Waals surface area contributed by atoms with E-state index in [2.05, 4.69) is 6.07 Å². The van der Waals surface area contributed by atoms with Crippen molar-refractivity contribution in [1.29, 1.82) is 5.26 Å². The third kappa shape index (κ3) is 4.73. The summed E-state index contributed by atoms with van der Waals surface area (Å²) in [6.07, 6.45) is 2.11. The topological polar surface area (TPSA) is 67.2 Å². The van der Waals surface area contributed by atoms with Gasteiger partial charge >= 0.3 is 0 Å². The van der Waals surface area contributed by atoms with Crippen molar-refractivity contribution in [3.63, 3.8) is 0 Å². The van der Waals surface area contributed by atoms with Gasteiger partial charge in [-0.2, -0.15) is 5.26 Å². The summed E-state index contributed by atoms with van der Waals surface area (Å²) in [5.41, 5.74) is 1.14. The molecule has 1 rings (SSSR count). The van der Waals surface area contributed by atoms with Crippen molar-refractivity contribution >= 4 is 19.7 Å². The summed E-state index contributed by atoms with van der Waals surface area (Å²) in [6, 6.07) is 5.39. The lowest BCUT2D eigenvalue weighted by Gasteiger charge is -2.11. The fourth-order valence-electron chi connectivity index (χ4n) is 1.87. The van der Waals surface area contributed by atoms with E-state index in [1.54, 1.807) is 26.0 Å². The molecule has 0 bridgehead atoms. The SMILES string of the molecule is Cc1cc(OCCCCC#N)cc(C)c1S(=O)(=O)Cl. The van der Waals surface area contributed by atoms with Crippen LogP contribution in [-0.4, -0.2) is 15.0 Å². The van der Waals surface area contributed by atoms with Crippen molar-refractivity contribution in [2.75, 3.05) is 6.61 Å². The second-order valence-electron chi connectivity index (χ2n) is 4.29. The summed E-state index contributed by atoms with van der Waals surface area (Å²) in [6.45, 7) is 3.88. The normalized spacial score (nSPS) is 11.1. The molecule has 0 atom stereocenters. The standard InChI is InChI=1S/C13H16ClNO3S/c1-10-8-12(18-7-5-3-4-6-15)9-11(2)13(10)19(14,16)17/h8-9H,3-5,7H2,1-2H3. The highest BCUT2D eigenvalue weighted by Crippen LogP contribution is 2.28. The zero-order valence-electron chi connectivity index (χ0n) is 10.9. The van der Waals surface area contributed by atoms with Crippen LogP contribution in [0.5, 0.6) is 5.75 Å². The van der Waals surface area contributed by atoms with Gasteiger partial charge in [-0.1, -0.05) is 0 Å². The molecule has 0 heterocycles. The molecule has 104 valence electrons. The van der Waals surface area contributed by atoms with Crippen LogP contribution < -0.4 is 4.74 Å². The van der Waals surface area contributed by atoms with Crippen molar-refractivity contribution in [3.05, 3.63) is 23.3 Å². The molecule has 0 saturated heterocycles. The molecule has 0 unspecified atom stereocenters. The summed E-state index contributed by atoms with van der Waals surface area (Å²) in [5.74, 6) is 0.621. The van der Waals surface area contributed by atoms with E-state index in [-0.39, 0.29) is 4.90 Å². The number of aryl methyl sites for hydroxylation is 2. The van der Waals surface area contributed by atoms with Crippen LogP contribution in [0.3, 0.4) is 0 Å². The summed E-state index contributed by atoms with van der Waals surface area (Å²) >= 11 is 0. The van der Waals surface area contributed by atoms with Gasteiger partial charge in [0.1, 0.15) is 5.75 Å². The number of nitrogens with zero attached hydrogens (tertiary/aromatic N) is 1. The van der Waals surface area contributed by atoms with Gasteiger partial charge in [0.25, 0.3) is 9.05 Å².